The van der Waals surface area contributed by atoms with Crippen LogP contribution in [0.15, 0.2) is 29.3 Å². The van der Waals surface area contributed by atoms with Crippen molar-refractivity contribution in [1.82, 2.24) is 10.6 Å². The molecule has 2 rings (SSSR count). The highest BCUT2D eigenvalue weighted by Gasteiger charge is 2.15. The number of guanidine groups is 1. The molecule has 1 unspecified atom stereocenters. The number of nitrogens with one attached hydrogen (secondary N) is 2. The zero-order valence-corrected chi connectivity index (χ0v) is 16.6. The fraction of sp³-hybridized carbons (Fsp3) is 0.562. The van der Waals surface area contributed by atoms with Crippen molar-refractivity contribution in [3.05, 3.63) is 39.9 Å². The minimum absolute atomic E-state index is 0. The monoisotopic (exact) mass is 464 g/mol. The summed E-state index contributed by atoms with van der Waals surface area (Å²) in [6, 6.07) is 6.43. The van der Waals surface area contributed by atoms with Gasteiger partial charge in [-0.25, -0.2) is 4.99 Å². The van der Waals surface area contributed by atoms with E-state index in [0.717, 1.165) is 31.7 Å². The molecule has 9 heteroatoms. The summed E-state index contributed by atoms with van der Waals surface area (Å²) in [5.41, 5.74) is 0.998. The number of non-ortho nitro benzene ring substituents is 1. The largest absolute Gasteiger partial charge is 0.383 e. The van der Waals surface area contributed by atoms with Crippen LogP contribution in [-0.4, -0.2) is 50.9 Å². The Morgan fingerprint density at radius 2 is 2.16 bits per heavy atom. The first-order chi connectivity index (χ1) is 11.7. The Kier molecular flexibility index (Phi) is 10.3. The first kappa shape index (κ1) is 21.6. The number of halogens is 1. The van der Waals surface area contributed by atoms with E-state index in [-0.39, 0.29) is 29.7 Å². The van der Waals surface area contributed by atoms with Gasteiger partial charge in [0.15, 0.2) is 5.96 Å². The maximum atomic E-state index is 10.7. The maximum Gasteiger partial charge on any atom is 0.269 e. The van der Waals surface area contributed by atoms with Gasteiger partial charge in [-0.05, 0) is 12.0 Å². The SMILES string of the molecule is COCCNC(=NCc1ccc([N+](=O)[O-])cc1)NCC1CCOC1.I. The smallest absolute Gasteiger partial charge is 0.269 e. The summed E-state index contributed by atoms with van der Waals surface area (Å²) in [6.07, 6.45) is 1.06. The van der Waals surface area contributed by atoms with Gasteiger partial charge in [0.25, 0.3) is 5.69 Å². The topological polar surface area (TPSA) is 98.0 Å². The summed E-state index contributed by atoms with van der Waals surface area (Å²) in [5, 5.41) is 17.2. The van der Waals surface area contributed by atoms with Crippen molar-refractivity contribution in [1.29, 1.82) is 0 Å². The second kappa shape index (κ2) is 12.0. The third-order valence-electron chi connectivity index (χ3n) is 3.75. The van der Waals surface area contributed by atoms with Crippen LogP contribution in [0.5, 0.6) is 0 Å². The van der Waals surface area contributed by atoms with Crippen molar-refractivity contribution in [2.45, 2.75) is 13.0 Å². The maximum absolute atomic E-state index is 10.7. The lowest BCUT2D eigenvalue weighted by Gasteiger charge is -2.15. The molecule has 8 nitrogen and oxygen atoms in total. The van der Waals surface area contributed by atoms with Gasteiger partial charge in [0.05, 0.1) is 24.7 Å². The molecule has 25 heavy (non-hydrogen) atoms. The number of nitro groups is 1. The van der Waals surface area contributed by atoms with Crippen LogP contribution in [0.3, 0.4) is 0 Å². The fourth-order valence-electron chi connectivity index (χ4n) is 2.32. The molecular formula is C16H25IN4O4. The number of benzene rings is 1. The van der Waals surface area contributed by atoms with Crippen LogP contribution in [-0.2, 0) is 16.0 Å². The number of hydrogen-bond acceptors (Lipinski definition) is 5. The van der Waals surface area contributed by atoms with E-state index in [0.29, 0.717) is 31.6 Å². The average molecular weight is 464 g/mol. The molecule has 0 bridgehead atoms. The second-order valence-electron chi connectivity index (χ2n) is 5.62. The summed E-state index contributed by atoms with van der Waals surface area (Å²) in [6.45, 7) is 4.09. The van der Waals surface area contributed by atoms with Crippen LogP contribution in [0.2, 0.25) is 0 Å². The van der Waals surface area contributed by atoms with E-state index >= 15 is 0 Å². The van der Waals surface area contributed by atoms with E-state index in [4.69, 9.17) is 9.47 Å². The Hall–Kier alpha value is -1.46. The predicted octanol–water partition coefficient (Wildman–Crippen LogP) is 1.93. The van der Waals surface area contributed by atoms with Crippen LogP contribution >= 0.6 is 24.0 Å². The van der Waals surface area contributed by atoms with Gasteiger partial charge in [-0.1, -0.05) is 12.1 Å². The molecule has 1 aliphatic heterocycles. The number of aliphatic imine (C=N–C) groups is 1. The molecule has 1 atom stereocenters. The van der Waals surface area contributed by atoms with E-state index in [9.17, 15) is 10.1 Å². The molecule has 140 valence electrons. The number of rotatable bonds is 8. The highest BCUT2D eigenvalue weighted by molar-refractivity contribution is 14.0. The number of nitro benzene ring substituents is 1. The molecule has 0 amide bonds. The van der Waals surface area contributed by atoms with E-state index in [2.05, 4.69) is 15.6 Å². The molecule has 1 saturated heterocycles. The third-order valence-corrected chi connectivity index (χ3v) is 3.75. The lowest BCUT2D eigenvalue weighted by Crippen LogP contribution is -2.41. The van der Waals surface area contributed by atoms with Crippen molar-refractivity contribution in [2.24, 2.45) is 10.9 Å². The number of methoxy groups -OCH3 is 1. The Bertz CT molecular complexity index is 548. The molecule has 0 radical (unpaired) electrons. The first-order valence-electron chi connectivity index (χ1n) is 8.01. The Balaban J connectivity index is 0.00000312. The van der Waals surface area contributed by atoms with Gasteiger partial charge in [-0.2, -0.15) is 0 Å². The Morgan fingerprint density at radius 1 is 1.40 bits per heavy atom. The molecule has 0 aromatic heterocycles. The molecule has 1 aromatic carbocycles. The molecule has 1 heterocycles. The summed E-state index contributed by atoms with van der Waals surface area (Å²) in [7, 11) is 1.65. The average Bonchev–Trinajstić information content (AvgIpc) is 3.11. The van der Waals surface area contributed by atoms with E-state index in [1.54, 1.807) is 19.2 Å². The minimum atomic E-state index is -0.407. The van der Waals surface area contributed by atoms with Gasteiger partial charge in [0, 0.05) is 44.9 Å². The highest BCUT2D eigenvalue weighted by atomic mass is 127. The normalized spacial score (nSPS) is 17.0. The van der Waals surface area contributed by atoms with Crippen molar-refractivity contribution >= 4 is 35.6 Å². The van der Waals surface area contributed by atoms with Crippen LogP contribution < -0.4 is 10.6 Å². The Morgan fingerprint density at radius 3 is 2.76 bits per heavy atom. The molecule has 0 spiro atoms. The van der Waals surface area contributed by atoms with Gasteiger partial charge in [-0.3, -0.25) is 10.1 Å². The molecule has 1 aromatic rings. The summed E-state index contributed by atoms with van der Waals surface area (Å²) >= 11 is 0. The van der Waals surface area contributed by atoms with E-state index < -0.39 is 4.92 Å². The molecule has 0 saturated carbocycles. The Labute approximate surface area is 164 Å². The van der Waals surface area contributed by atoms with E-state index in [1.165, 1.54) is 12.1 Å². The zero-order chi connectivity index (χ0) is 17.2. The van der Waals surface area contributed by atoms with Crippen LogP contribution in [0.4, 0.5) is 5.69 Å². The zero-order valence-electron chi connectivity index (χ0n) is 14.3. The number of ether oxygens (including phenoxy) is 2. The third kappa shape index (κ3) is 7.97. The van der Waals surface area contributed by atoms with Gasteiger partial charge < -0.3 is 20.1 Å². The highest BCUT2D eigenvalue weighted by Crippen LogP contribution is 2.13. The molecule has 1 fully saturated rings. The van der Waals surface area contributed by atoms with Gasteiger partial charge in [0.2, 0.25) is 0 Å². The number of nitrogens with zero attached hydrogens (tertiary/aromatic N) is 2. The van der Waals surface area contributed by atoms with Gasteiger partial charge >= 0.3 is 0 Å². The predicted molar refractivity (Wildman–Crippen MR) is 106 cm³/mol. The quantitative estimate of drug-likeness (QED) is 0.152. The first-order valence-corrected chi connectivity index (χ1v) is 8.01. The molecule has 0 aliphatic carbocycles. The van der Waals surface area contributed by atoms with Gasteiger partial charge in [0.1, 0.15) is 0 Å². The molecule has 2 N–H and O–H groups in total. The molecular weight excluding hydrogens is 439 g/mol. The van der Waals surface area contributed by atoms with Crippen LogP contribution in [0.25, 0.3) is 0 Å². The minimum Gasteiger partial charge on any atom is -0.383 e. The number of hydrogen-bond donors (Lipinski definition) is 2. The van der Waals surface area contributed by atoms with Crippen molar-refractivity contribution in [3.8, 4) is 0 Å². The van der Waals surface area contributed by atoms with E-state index in [1.807, 2.05) is 0 Å². The summed E-state index contributed by atoms with van der Waals surface area (Å²) in [5.74, 6) is 1.20. The molecule has 1 aliphatic rings. The van der Waals surface area contributed by atoms with Crippen molar-refractivity contribution in [3.63, 3.8) is 0 Å². The van der Waals surface area contributed by atoms with Crippen molar-refractivity contribution in [2.75, 3.05) is 40.0 Å². The lowest BCUT2D eigenvalue weighted by molar-refractivity contribution is -0.384. The second-order valence-corrected chi connectivity index (χ2v) is 5.62. The summed E-state index contributed by atoms with van der Waals surface area (Å²) < 4.78 is 10.4. The van der Waals surface area contributed by atoms with Crippen LogP contribution in [0.1, 0.15) is 12.0 Å². The van der Waals surface area contributed by atoms with Crippen molar-refractivity contribution < 1.29 is 14.4 Å². The van der Waals surface area contributed by atoms with Crippen LogP contribution in [0, 0.1) is 16.0 Å². The van der Waals surface area contributed by atoms with Gasteiger partial charge in [-0.15, -0.1) is 24.0 Å². The lowest BCUT2D eigenvalue weighted by atomic mass is 10.1. The standard InChI is InChI=1S/C16H24N4O4.HI/c1-23-9-7-17-16(19-11-14-6-8-24-12-14)18-10-13-2-4-15(5-3-13)20(21)22;/h2-5,14H,6-12H2,1H3,(H2,17,18,19);1H. The fourth-order valence-corrected chi connectivity index (χ4v) is 2.32. The summed E-state index contributed by atoms with van der Waals surface area (Å²) in [4.78, 5) is 14.8.